The Morgan fingerprint density at radius 1 is 1.22 bits per heavy atom. The lowest BCUT2D eigenvalue weighted by Crippen LogP contribution is -2.68. The van der Waals surface area contributed by atoms with Crippen molar-refractivity contribution in [1.29, 1.82) is 0 Å². The van der Waals surface area contributed by atoms with Gasteiger partial charge in [0.2, 0.25) is 14.8 Å². The smallest absolute Gasteiger partial charge is 0.240 e. The Labute approximate surface area is 185 Å². The molecule has 6 nitrogen and oxygen atoms in total. The van der Waals surface area contributed by atoms with Crippen molar-refractivity contribution in [1.82, 2.24) is 4.98 Å². The summed E-state index contributed by atoms with van der Waals surface area (Å²) < 4.78 is 56.5. The average molecular weight is 462 g/mol. The normalized spacial score (nSPS) is 31.1. The molecule has 0 spiro atoms. The number of nitrogens with zero attached hydrogens (tertiary/aromatic N) is 2. The number of halogens is 2. The van der Waals surface area contributed by atoms with Crippen LogP contribution < -0.4 is 5.73 Å². The van der Waals surface area contributed by atoms with Crippen molar-refractivity contribution >= 4 is 21.5 Å². The van der Waals surface area contributed by atoms with Crippen molar-refractivity contribution in [2.24, 2.45) is 10.7 Å². The van der Waals surface area contributed by atoms with Crippen molar-refractivity contribution in [3.8, 4) is 0 Å². The molecule has 1 aromatic heterocycles. The zero-order valence-corrected chi connectivity index (χ0v) is 19.0. The molecule has 32 heavy (non-hydrogen) atoms. The molecule has 3 heterocycles. The maximum absolute atomic E-state index is 16.4. The van der Waals surface area contributed by atoms with Crippen LogP contribution in [0.15, 0.2) is 41.5 Å². The summed E-state index contributed by atoms with van der Waals surface area (Å²) in [5.74, 6) is -1.32. The van der Waals surface area contributed by atoms with Crippen molar-refractivity contribution in [3.63, 3.8) is 0 Å². The van der Waals surface area contributed by atoms with E-state index in [1.807, 2.05) is 0 Å². The number of fused-ring (bicyclic) bond motifs is 2. The van der Waals surface area contributed by atoms with Crippen LogP contribution in [0.5, 0.6) is 0 Å². The van der Waals surface area contributed by atoms with Gasteiger partial charge in [-0.3, -0.25) is 14.8 Å². The van der Waals surface area contributed by atoms with Crippen LogP contribution in [-0.4, -0.2) is 34.8 Å². The van der Waals surface area contributed by atoms with Gasteiger partial charge in [0.05, 0.1) is 0 Å². The van der Waals surface area contributed by atoms with E-state index in [1.54, 1.807) is 19.1 Å². The molecule has 2 aliphatic heterocycles. The van der Waals surface area contributed by atoms with E-state index in [-0.39, 0.29) is 48.6 Å². The Balaban J connectivity index is 1.83. The predicted octanol–water partition coefficient (Wildman–Crippen LogP) is 3.56. The van der Waals surface area contributed by atoms with Gasteiger partial charge in [0, 0.05) is 18.2 Å². The molecule has 3 atom stereocenters. The van der Waals surface area contributed by atoms with E-state index >= 15 is 8.78 Å². The van der Waals surface area contributed by atoms with Crippen LogP contribution in [0.25, 0.3) is 0 Å². The third-order valence-electron chi connectivity index (χ3n) is 6.98. The monoisotopic (exact) mass is 461 g/mol. The summed E-state index contributed by atoms with van der Waals surface area (Å²) in [7, 11) is -4.44. The second kappa shape index (κ2) is 7.16. The summed E-state index contributed by atoms with van der Waals surface area (Å²) in [4.78, 5) is 21.1. The first-order chi connectivity index (χ1) is 14.9. The molecule has 1 fully saturated rings. The molecule has 1 aromatic carbocycles. The molecule has 2 aromatic rings. The fraction of sp³-hybridized carbons (Fsp3) is 0.435. The largest absolute Gasteiger partial charge is 0.386 e. The van der Waals surface area contributed by atoms with Crippen molar-refractivity contribution in [2.75, 3.05) is 0 Å². The van der Waals surface area contributed by atoms with Crippen LogP contribution in [0.4, 0.5) is 8.78 Å². The van der Waals surface area contributed by atoms with Crippen molar-refractivity contribution in [3.05, 3.63) is 64.7 Å². The SMILES string of the molecule is Cc1cccnc1C(=O)Cc1ccc(F)c([C@@]2(C)N=C(N)[C@]3(C)CCC[C@@]2(F)S3(=O)=O)c1. The van der Waals surface area contributed by atoms with Gasteiger partial charge in [-0.05, 0) is 69.4 Å². The number of alkyl halides is 1. The van der Waals surface area contributed by atoms with E-state index < -0.39 is 30.9 Å². The highest BCUT2D eigenvalue weighted by Crippen LogP contribution is 2.57. The maximum atomic E-state index is 16.4. The first-order valence-corrected chi connectivity index (χ1v) is 11.9. The highest BCUT2D eigenvalue weighted by molar-refractivity contribution is 7.95. The van der Waals surface area contributed by atoms with Crippen molar-refractivity contribution < 1.29 is 22.0 Å². The maximum Gasteiger partial charge on any atom is 0.240 e. The average Bonchev–Trinajstić information content (AvgIpc) is 2.72. The molecule has 4 rings (SSSR count). The lowest BCUT2D eigenvalue weighted by Gasteiger charge is -2.52. The fourth-order valence-corrected chi connectivity index (χ4v) is 7.40. The topological polar surface area (TPSA) is 102 Å². The molecule has 1 saturated heterocycles. The number of nitrogens with two attached hydrogens (primary N) is 1. The van der Waals surface area contributed by atoms with E-state index in [4.69, 9.17) is 5.73 Å². The number of carbonyl (C=O) groups is 1. The third-order valence-corrected chi connectivity index (χ3v) is 10.0. The number of aromatic nitrogens is 1. The minimum atomic E-state index is -4.44. The number of aryl methyl sites for hydroxylation is 1. The second-order valence-electron chi connectivity index (χ2n) is 8.97. The van der Waals surface area contributed by atoms with Gasteiger partial charge < -0.3 is 5.73 Å². The number of rotatable bonds is 4. The number of sulfone groups is 1. The standard InChI is InChI=1S/C23H25F2N3O3S/c1-14-6-4-11-27-19(14)18(29)13-15-7-8-17(24)16(12-15)22(3)23(25)10-5-9-21(2,20(26)28-22)32(23,30)31/h4,6-8,11-12H,5,9-10,13H2,1-3H3,(H2,26,28)/t21-,22+,23+/m0/s1. The summed E-state index contributed by atoms with van der Waals surface area (Å²) >= 11 is 0. The number of aliphatic imine (C=N–C) groups is 1. The summed E-state index contributed by atoms with van der Waals surface area (Å²) in [5, 5.41) is -2.82. The van der Waals surface area contributed by atoms with Crippen molar-refractivity contribution in [2.45, 2.75) is 61.7 Å². The lowest BCUT2D eigenvalue weighted by atomic mass is 9.80. The fourth-order valence-electron chi connectivity index (χ4n) is 4.86. The Hall–Kier alpha value is -2.68. The minimum absolute atomic E-state index is 0.107. The second-order valence-corrected chi connectivity index (χ2v) is 11.5. The molecule has 9 heteroatoms. The molecular weight excluding hydrogens is 436 g/mol. The van der Waals surface area contributed by atoms with Gasteiger partial charge in [0.15, 0.2) is 5.78 Å². The van der Waals surface area contributed by atoms with Crippen LogP contribution in [0.1, 0.15) is 60.3 Å². The molecule has 0 unspecified atom stereocenters. The summed E-state index contributed by atoms with van der Waals surface area (Å²) in [6.45, 7) is 4.39. The van der Waals surface area contributed by atoms with Gasteiger partial charge in [-0.1, -0.05) is 12.1 Å². The number of hydrogen-bond acceptors (Lipinski definition) is 6. The van der Waals surface area contributed by atoms with Crippen LogP contribution >= 0.6 is 0 Å². The first-order valence-electron chi connectivity index (χ1n) is 10.4. The number of hydrogen-bond donors (Lipinski definition) is 1. The molecule has 0 amide bonds. The first kappa shape index (κ1) is 22.5. The van der Waals surface area contributed by atoms with Gasteiger partial charge in [-0.15, -0.1) is 0 Å². The van der Waals surface area contributed by atoms with Crippen LogP contribution in [0.3, 0.4) is 0 Å². The van der Waals surface area contributed by atoms with E-state index in [2.05, 4.69) is 9.98 Å². The van der Waals surface area contributed by atoms with Crippen LogP contribution in [0.2, 0.25) is 0 Å². The van der Waals surface area contributed by atoms with E-state index in [1.165, 1.54) is 32.2 Å². The number of benzene rings is 1. The summed E-state index contributed by atoms with van der Waals surface area (Å²) in [6.07, 6.45) is 1.52. The van der Waals surface area contributed by atoms with Gasteiger partial charge in [0.1, 0.15) is 27.6 Å². The molecule has 2 N–H and O–H groups in total. The molecular formula is C23H25F2N3O3S. The number of Topliss-reactive ketones (excluding diaryl/α,β-unsaturated/α-hetero) is 1. The quantitative estimate of drug-likeness (QED) is 0.702. The van der Waals surface area contributed by atoms with Gasteiger partial charge in [-0.2, -0.15) is 0 Å². The molecule has 170 valence electrons. The highest BCUT2D eigenvalue weighted by atomic mass is 32.2. The van der Waals surface area contributed by atoms with Gasteiger partial charge in [-0.25, -0.2) is 17.2 Å². The molecule has 2 bridgehead atoms. The predicted molar refractivity (Wildman–Crippen MR) is 117 cm³/mol. The lowest BCUT2D eigenvalue weighted by molar-refractivity contribution is 0.0987. The molecule has 0 radical (unpaired) electrons. The number of carbonyl (C=O) groups excluding carboxylic acids is 1. The van der Waals surface area contributed by atoms with E-state index in [0.29, 0.717) is 11.1 Å². The van der Waals surface area contributed by atoms with Crippen LogP contribution in [0, 0.1) is 12.7 Å². The highest BCUT2D eigenvalue weighted by Gasteiger charge is 2.71. The van der Waals surface area contributed by atoms with E-state index in [9.17, 15) is 13.2 Å². The summed E-state index contributed by atoms with van der Waals surface area (Å²) in [5.41, 5.74) is 5.12. The van der Waals surface area contributed by atoms with E-state index in [0.717, 1.165) is 6.07 Å². The Bertz CT molecular complexity index is 1260. The van der Waals surface area contributed by atoms with Gasteiger partial charge in [0.25, 0.3) is 0 Å². The van der Waals surface area contributed by atoms with Crippen LogP contribution in [-0.2, 0) is 21.8 Å². The summed E-state index contributed by atoms with van der Waals surface area (Å²) in [6, 6.07) is 7.31. The molecule has 2 aliphatic rings. The number of pyridine rings is 1. The molecule has 0 aliphatic carbocycles. The van der Waals surface area contributed by atoms with Gasteiger partial charge >= 0.3 is 0 Å². The Morgan fingerprint density at radius 3 is 2.62 bits per heavy atom. The number of amidine groups is 1. The Kier molecular flexibility index (Phi) is 5.04. The zero-order valence-electron chi connectivity index (χ0n) is 18.2. The molecule has 0 saturated carbocycles. The minimum Gasteiger partial charge on any atom is -0.386 e. The zero-order chi connectivity index (χ0) is 23.5. The number of ketones is 1. The Morgan fingerprint density at radius 2 is 1.94 bits per heavy atom. The third kappa shape index (κ3) is 2.86.